The lowest BCUT2D eigenvalue weighted by Gasteiger charge is -2.06. The van der Waals surface area contributed by atoms with Gasteiger partial charge in [0, 0.05) is 0 Å². The highest BCUT2D eigenvalue weighted by molar-refractivity contribution is 6.29. The van der Waals surface area contributed by atoms with Crippen LogP contribution in [0.15, 0.2) is 34.7 Å². The van der Waals surface area contributed by atoms with Crippen molar-refractivity contribution in [3.63, 3.8) is 0 Å². The van der Waals surface area contributed by atoms with Gasteiger partial charge in [-0.05, 0) is 41.4 Å². The predicted molar refractivity (Wildman–Crippen MR) is 57.8 cm³/mol. The first kappa shape index (κ1) is 11.4. The highest BCUT2D eigenvalue weighted by Gasteiger charge is 2.16. The Morgan fingerprint density at radius 3 is 2.38 bits per heavy atom. The fourth-order valence-electron chi connectivity index (χ4n) is 1.30. The van der Waals surface area contributed by atoms with Crippen LogP contribution in [-0.4, -0.2) is 0 Å². The van der Waals surface area contributed by atoms with Crippen molar-refractivity contribution < 1.29 is 13.2 Å². The summed E-state index contributed by atoms with van der Waals surface area (Å²) in [7, 11) is 0. The molecule has 84 valence electrons. The normalized spacial score (nSPS) is 12.8. The molecule has 0 aliphatic carbocycles. The second kappa shape index (κ2) is 4.44. The van der Waals surface area contributed by atoms with Crippen molar-refractivity contribution in [1.29, 1.82) is 0 Å². The van der Waals surface area contributed by atoms with Gasteiger partial charge < -0.3 is 4.42 Å². The molecule has 2 aromatic rings. The third-order valence-corrected chi connectivity index (χ3v) is 2.75. The lowest BCUT2D eigenvalue weighted by Crippen LogP contribution is -1.94. The van der Waals surface area contributed by atoms with Crippen LogP contribution in [0.1, 0.15) is 16.7 Å². The number of hydrogen-bond acceptors (Lipinski definition) is 1. The van der Waals surface area contributed by atoms with E-state index in [1.54, 1.807) is 6.07 Å². The van der Waals surface area contributed by atoms with Crippen LogP contribution in [0.2, 0.25) is 5.22 Å². The number of halogens is 4. The summed E-state index contributed by atoms with van der Waals surface area (Å²) in [6.45, 7) is 0. The fourth-order valence-corrected chi connectivity index (χ4v) is 1.70. The van der Waals surface area contributed by atoms with E-state index in [0.717, 1.165) is 12.1 Å². The first-order chi connectivity index (χ1) is 7.58. The summed E-state index contributed by atoms with van der Waals surface area (Å²) in [4.78, 5) is 0. The number of hydrogen-bond donors (Lipinski definition) is 0. The van der Waals surface area contributed by atoms with Gasteiger partial charge in [0.1, 0.15) is 11.1 Å². The van der Waals surface area contributed by atoms with Gasteiger partial charge in [0.2, 0.25) is 0 Å². The van der Waals surface area contributed by atoms with Crippen molar-refractivity contribution in [3.05, 3.63) is 58.5 Å². The van der Waals surface area contributed by atoms with Crippen LogP contribution < -0.4 is 0 Å². The van der Waals surface area contributed by atoms with Gasteiger partial charge in [-0.1, -0.05) is 6.07 Å². The quantitative estimate of drug-likeness (QED) is 0.725. The summed E-state index contributed by atoms with van der Waals surface area (Å²) in [6, 6.07) is 6.56. The van der Waals surface area contributed by atoms with Crippen LogP contribution in [0.4, 0.5) is 8.78 Å². The van der Waals surface area contributed by atoms with Crippen molar-refractivity contribution in [3.8, 4) is 0 Å². The number of rotatable bonds is 2. The summed E-state index contributed by atoms with van der Waals surface area (Å²) in [5.74, 6) is -1.47. The van der Waals surface area contributed by atoms with Crippen molar-refractivity contribution in [2.75, 3.05) is 0 Å². The molecule has 0 spiro atoms. The molecule has 0 amide bonds. The van der Waals surface area contributed by atoms with E-state index >= 15 is 0 Å². The van der Waals surface area contributed by atoms with E-state index in [1.165, 1.54) is 12.1 Å². The second-order valence-electron chi connectivity index (χ2n) is 3.18. The van der Waals surface area contributed by atoms with Gasteiger partial charge >= 0.3 is 0 Å². The smallest absolute Gasteiger partial charge is 0.193 e. The van der Waals surface area contributed by atoms with Crippen molar-refractivity contribution in [2.45, 2.75) is 5.38 Å². The van der Waals surface area contributed by atoms with E-state index in [-0.39, 0.29) is 5.22 Å². The topological polar surface area (TPSA) is 13.1 Å². The molecular weight excluding hydrogens is 257 g/mol. The van der Waals surface area contributed by atoms with Gasteiger partial charge in [-0.25, -0.2) is 8.78 Å². The van der Waals surface area contributed by atoms with Gasteiger partial charge in [-0.3, -0.25) is 0 Å². The number of furan rings is 1. The summed E-state index contributed by atoms with van der Waals surface area (Å²) < 4.78 is 30.8. The van der Waals surface area contributed by atoms with Gasteiger partial charge in [-0.15, -0.1) is 11.6 Å². The van der Waals surface area contributed by atoms with Crippen LogP contribution in [0.3, 0.4) is 0 Å². The minimum atomic E-state index is -0.944. The molecule has 1 nitrogen and oxygen atoms in total. The summed E-state index contributed by atoms with van der Waals surface area (Å²) in [6.07, 6.45) is 0. The van der Waals surface area contributed by atoms with Crippen molar-refractivity contribution in [1.82, 2.24) is 0 Å². The average molecular weight is 263 g/mol. The molecule has 0 saturated heterocycles. The highest BCUT2D eigenvalue weighted by atomic mass is 35.5. The molecule has 1 aromatic heterocycles. The Bertz CT molecular complexity index is 510. The van der Waals surface area contributed by atoms with Gasteiger partial charge in [0.05, 0.1) is 0 Å². The lowest BCUT2D eigenvalue weighted by molar-refractivity contribution is 0.502. The van der Waals surface area contributed by atoms with Crippen LogP contribution in [0.25, 0.3) is 0 Å². The van der Waals surface area contributed by atoms with Gasteiger partial charge in [0.25, 0.3) is 0 Å². The summed E-state index contributed by atoms with van der Waals surface area (Å²) in [5, 5.41) is -0.495. The van der Waals surface area contributed by atoms with Crippen LogP contribution in [-0.2, 0) is 0 Å². The molecular formula is C11H6Cl2F2O. The summed E-state index contributed by atoms with van der Waals surface area (Å²) in [5.41, 5.74) is 0.409. The second-order valence-corrected chi connectivity index (χ2v) is 3.99. The van der Waals surface area contributed by atoms with E-state index < -0.39 is 17.0 Å². The SMILES string of the molecule is Fc1ccc(C(Cl)c2ccc(Cl)o2)cc1F. The van der Waals surface area contributed by atoms with Crippen LogP contribution in [0, 0.1) is 11.6 Å². The van der Waals surface area contributed by atoms with Crippen LogP contribution in [0.5, 0.6) is 0 Å². The molecule has 2 rings (SSSR count). The minimum absolute atomic E-state index is 0.197. The highest BCUT2D eigenvalue weighted by Crippen LogP contribution is 2.31. The van der Waals surface area contributed by atoms with Crippen molar-refractivity contribution in [2.24, 2.45) is 0 Å². The number of alkyl halides is 1. The Labute approximate surface area is 101 Å². The Balaban J connectivity index is 2.33. The monoisotopic (exact) mass is 262 g/mol. The minimum Gasteiger partial charge on any atom is -0.448 e. The zero-order chi connectivity index (χ0) is 11.7. The number of benzene rings is 1. The molecule has 0 bridgehead atoms. The molecule has 1 unspecified atom stereocenters. The largest absolute Gasteiger partial charge is 0.448 e. The van der Waals surface area contributed by atoms with Crippen LogP contribution >= 0.6 is 23.2 Å². The first-order valence-corrected chi connectivity index (χ1v) is 5.23. The Morgan fingerprint density at radius 2 is 1.81 bits per heavy atom. The molecule has 16 heavy (non-hydrogen) atoms. The first-order valence-electron chi connectivity index (χ1n) is 4.42. The lowest BCUT2D eigenvalue weighted by atomic mass is 10.1. The molecule has 1 aromatic carbocycles. The maximum Gasteiger partial charge on any atom is 0.193 e. The molecule has 0 fully saturated rings. The van der Waals surface area contributed by atoms with E-state index in [9.17, 15) is 8.78 Å². The van der Waals surface area contributed by atoms with E-state index in [0.29, 0.717) is 11.3 Å². The molecule has 0 N–H and O–H groups in total. The molecule has 1 heterocycles. The van der Waals surface area contributed by atoms with E-state index in [4.69, 9.17) is 27.6 Å². The molecule has 0 aliphatic heterocycles. The van der Waals surface area contributed by atoms with Gasteiger partial charge in [0.15, 0.2) is 16.9 Å². The summed E-state index contributed by atoms with van der Waals surface area (Å²) >= 11 is 11.6. The predicted octanol–water partition coefficient (Wildman–Crippen LogP) is 4.54. The third kappa shape index (κ3) is 2.20. The maximum atomic E-state index is 13.0. The average Bonchev–Trinajstić information content (AvgIpc) is 2.68. The molecule has 0 saturated carbocycles. The molecule has 0 aliphatic rings. The maximum absolute atomic E-state index is 13.0. The molecule has 0 radical (unpaired) electrons. The Morgan fingerprint density at radius 1 is 1.06 bits per heavy atom. The standard InChI is InChI=1S/C11H6Cl2F2O/c12-10-4-3-9(16-10)11(13)6-1-2-7(14)8(15)5-6/h1-5,11H. The molecule has 5 heteroatoms. The van der Waals surface area contributed by atoms with E-state index in [2.05, 4.69) is 0 Å². The van der Waals surface area contributed by atoms with E-state index in [1.807, 2.05) is 0 Å². The van der Waals surface area contributed by atoms with Crippen molar-refractivity contribution >= 4 is 23.2 Å². The third-order valence-electron chi connectivity index (χ3n) is 2.08. The zero-order valence-electron chi connectivity index (χ0n) is 7.88. The molecule has 1 atom stereocenters. The Kier molecular flexibility index (Phi) is 3.17. The Hall–Kier alpha value is -1.06. The van der Waals surface area contributed by atoms with Gasteiger partial charge in [-0.2, -0.15) is 0 Å². The fraction of sp³-hybridized carbons (Fsp3) is 0.0909. The zero-order valence-corrected chi connectivity index (χ0v) is 9.40.